The molecular weight excluding hydrogens is 248 g/mol. The summed E-state index contributed by atoms with van der Waals surface area (Å²) in [6.07, 6.45) is 2.99. The van der Waals surface area contributed by atoms with Crippen LogP contribution in [0.2, 0.25) is 0 Å². The molecule has 0 aromatic carbocycles. The zero-order valence-electron chi connectivity index (χ0n) is 11.5. The van der Waals surface area contributed by atoms with Gasteiger partial charge in [0.25, 0.3) is 0 Å². The molecule has 0 aliphatic carbocycles. The van der Waals surface area contributed by atoms with E-state index >= 15 is 0 Å². The van der Waals surface area contributed by atoms with Crippen LogP contribution in [0, 0.1) is 0 Å². The number of nitrogen functional groups attached to an aromatic ring is 1. The summed E-state index contributed by atoms with van der Waals surface area (Å²) in [7, 11) is 1.70. The quantitative estimate of drug-likeness (QED) is 0.604. The van der Waals surface area contributed by atoms with Crippen molar-refractivity contribution in [3.63, 3.8) is 0 Å². The van der Waals surface area contributed by atoms with Gasteiger partial charge in [0.05, 0.1) is 6.61 Å². The minimum Gasteiger partial charge on any atom is -0.383 e. The van der Waals surface area contributed by atoms with Gasteiger partial charge in [-0.15, -0.1) is 0 Å². The average Bonchev–Trinajstić information content (AvgIpc) is 2.38. The molecule has 1 aromatic rings. The van der Waals surface area contributed by atoms with Crippen LogP contribution in [-0.2, 0) is 4.74 Å². The maximum absolute atomic E-state index is 5.82. The first-order valence-corrected chi connectivity index (χ1v) is 7.29. The van der Waals surface area contributed by atoms with Gasteiger partial charge in [0.15, 0.2) is 5.16 Å². The van der Waals surface area contributed by atoms with Crippen LogP contribution in [0.25, 0.3) is 0 Å². The highest BCUT2D eigenvalue weighted by Gasteiger charge is 2.15. The largest absolute Gasteiger partial charge is 0.383 e. The Hall–Kier alpha value is -1.01. The first kappa shape index (κ1) is 15.0. The van der Waals surface area contributed by atoms with Gasteiger partial charge < -0.3 is 15.4 Å². The molecule has 6 heteroatoms. The van der Waals surface area contributed by atoms with Crippen molar-refractivity contribution >= 4 is 23.4 Å². The van der Waals surface area contributed by atoms with Crippen LogP contribution in [0.15, 0.2) is 11.2 Å². The van der Waals surface area contributed by atoms with Crippen LogP contribution in [-0.4, -0.2) is 42.5 Å². The molecule has 102 valence electrons. The fraction of sp³-hybridized carbons (Fsp3) is 0.667. The lowest BCUT2D eigenvalue weighted by Gasteiger charge is -2.29. The summed E-state index contributed by atoms with van der Waals surface area (Å²) < 4.78 is 5.15. The molecule has 0 saturated carbocycles. The fourth-order valence-electron chi connectivity index (χ4n) is 1.64. The molecule has 0 radical (unpaired) electrons. The zero-order valence-corrected chi connectivity index (χ0v) is 12.3. The van der Waals surface area contributed by atoms with E-state index < -0.39 is 0 Å². The first-order valence-electron chi connectivity index (χ1n) is 6.06. The summed E-state index contributed by atoms with van der Waals surface area (Å²) in [5.74, 6) is 1.38. The number of hydrogen-bond acceptors (Lipinski definition) is 6. The summed E-state index contributed by atoms with van der Waals surface area (Å²) in [5.41, 5.74) is 5.82. The lowest BCUT2D eigenvalue weighted by atomic mass is 10.2. The molecule has 1 rings (SSSR count). The molecule has 1 unspecified atom stereocenters. The molecule has 0 bridgehead atoms. The predicted octanol–water partition coefficient (Wildman–Crippen LogP) is 2.03. The minimum absolute atomic E-state index is 0.393. The Morgan fingerprint density at radius 1 is 1.50 bits per heavy atom. The van der Waals surface area contributed by atoms with E-state index in [1.54, 1.807) is 7.11 Å². The van der Waals surface area contributed by atoms with Crippen molar-refractivity contribution in [3.05, 3.63) is 6.07 Å². The molecule has 1 heterocycles. The van der Waals surface area contributed by atoms with Gasteiger partial charge in [-0.1, -0.05) is 18.7 Å². The monoisotopic (exact) mass is 270 g/mol. The van der Waals surface area contributed by atoms with Gasteiger partial charge in [-0.2, -0.15) is 0 Å². The topological polar surface area (TPSA) is 64.3 Å². The fourth-order valence-corrected chi connectivity index (χ4v) is 2.02. The molecule has 2 N–H and O–H groups in total. The van der Waals surface area contributed by atoms with Gasteiger partial charge >= 0.3 is 0 Å². The van der Waals surface area contributed by atoms with Gasteiger partial charge in [-0.05, 0) is 19.6 Å². The predicted molar refractivity (Wildman–Crippen MR) is 77.2 cm³/mol. The summed E-state index contributed by atoms with van der Waals surface area (Å²) in [5, 5.41) is 0.704. The van der Waals surface area contributed by atoms with Crippen molar-refractivity contribution in [3.8, 4) is 0 Å². The summed E-state index contributed by atoms with van der Waals surface area (Å²) >= 11 is 1.50. The highest BCUT2D eigenvalue weighted by atomic mass is 32.2. The van der Waals surface area contributed by atoms with E-state index in [9.17, 15) is 0 Å². The summed E-state index contributed by atoms with van der Waals surface area (Å²) in [6.45, 7) is 5.80. The van der Waals surface area contributed by atoms with E-state index in [4.69, 9.17) is 10.5 Å². The number of hydrogen-bond donors (Lipinski definition) is 1. The highest BCUT2D eigenvalue weighted by molar-refractivity contribution is 7.98. The number of ether oxygens (including phenoxy) is 1. The molecule has 1 aromatic heterocycles. The van der Waals surface area contributed by atoms with Crippen LogP contribution >= 0.6 is 11.8 Å². The zero-order chi connectivity index (χ0) is 13.5. The Kier molecular flexibility index (Phi) is 6.21. The second kappa shape index (κ2) is 7.43. The molecule has 0 aliphatic rings. The van der Waals surface area contributed by atoms with Crippen molar-refractivity contribution < 1.29 is 4.74 Å². The van der Waals surface area contributed by atoms with Gasteiger partial charge in [0.1, 0.15) is 11.6 Å². The molecule has 5 nitrogen and oxygen atoms in total. The Balaban J connectivity index is 2.99. The lowest BCUT2D eigenvalue weighted by molar-refractivity contribution is 0.203. The third-order valence-corrected chi connectivity index (χ3v) is 3.40. The van der Waals surface area contributed by atoms with E-state index in [0.29, 0.717) is 23.6 Å². The number of nitrogens with zero attached hydrogens (tertiary/aromatic N) is 3. The number of anilines is 2. The Morgan fingerprint density at radius 3 is 2.78 bits per heavy atom. The van der Waals surface area contributed by atoms with Gasteiger partial charge in [0, 0.05) is 25.8 Å². The van der Waals surface area contributed by atoms with Crippen molar-refractivity contribution in [1.82, 2.24) is 9.97 Å². The number of thioether (sulfide) groups is 1. The molecule has 0 aliphatic heterocycles. The van der Waals surface area contributed by atoms with Crippen LogP contribution in [0.5, 0.6) is 0 Å². The van der Waals surface area contributed by atoms with Gasteiger partial charge in [-0.3, -0.25) is 0 Å². The SMILES string of the molecule is CCC(C)N(CCOC)c1cc(N)nc(SC)n1. The van der Waals surface area contributed by atoms with E-state index in [1.807, 2.05) is 12.3 Å². The van der Waals surface area contributed by atoms with E-state index in [2.05, 4.69) is 28.7 Å². The van der Waals surface area contributed by atoms with Crippen LogP contribution in [0.1, 0.15) is 20.3 Å². The third kappa shape index (κ3) is 4.03. The Morgan fingerprint density at radius 2 is 2.22 bits per heavy atom. The summed E-state index contributed by atoms with van der Waals surface area (Å²) in [4.78, 5) is 10.9. The van der Waals surface area contributed by atoms with Crippen molar-refractivity contribution in [1.29, 1.82) is 0 Å². The first-order chi connectivity index (χ1) is 8.62. The van der Waals surface area contributed by atoms with Gasteiger partial charge in [0.2, 0.25) is 0 Å². The minimum atomic E-state index is 0.393. The van der Waals surface area contributed by atoms with Crippen LogP contribution < -0.4 is 10.6 Å². The highest BCUT2D eigenvalue weighted by Crippen LogP contribution is 2.21. The van der Waals surface area contributed by atoms with E-state index in [-0.39, 0.29) is 0 Å². The normalized spacial score (nSPS) is 12.4. The molecule has 0 spiro atoms. The molecule has 0 fully saturated rings. The molecule has 1 atom stereocenters. The smallest absolute Gasteiger partial charge is 0.191 e. The van der Waals surface area contributed by atoms with E-state index in [0.717, 1.165) is 18.8 Å². The Labute approximate surface area is 113 Å². The third-order valence-electron chi connectivity index (χ3n) is 2.85. The number of rotatable bonds is 7. The number of methoxy groups -OCH3 is 1. The number of nitrogens with two attached hydrogens (primary N) is 1. The molecule has 0 amide bonds. The lowest BCUT2D eigenvalue weighted by Crippen LogP contribution is -2.36. The second-order valence-corrected chi connectivity index (χ2v) is 4.85. The number of aromatic nitrogens is 2. The maximum atomic E-state index is 5.82. The molecule has 18 heavy (non-hydrogen) atoms. The molecule has 0 saturated heterocycles. The van der Waals surface area contributed by atoms with Crippen LogP contribution in [0.4, 0.5) is 11.6 Å². The van der Waals surface area contributed by atoms with Crippen LogP contribution in [0.3, 0.4) is 0 Å². The Bertz CT molecular complexity index is 375. The standard InChI is InChI=1S/C12H22N4OS/c1-5-9(2)16(6-7-17-3)11-8-10(13)14-12(15-11)18-4/h8-9H,5-7H2,1-4H3,(H2,13,14,15). The average molecular weight is 270 g/mol. The van der Waals surface area contributed by atoms with Crippen molar-refractivity contribution in [2.75, 3.05) is 37.2 Å². The second-order valence-electron chi connectivity index (χ2n) is 4.08. The van der Waals surface area contributed by atoms with Crippen molar-refractivity contribution in [2.45, 2.75) is 31.5 Å². The van der Waals surface area contributed by atoms with Gasteiger partial charge in [-0.25, -0.2) is 9.97 Å². The molecular formula is C12H22N4OS. The van der Waals surface area contributed by atoms with E-state index in [1.165, 1.54) is 11.8 Å². The summed E-state index contributed by atoms with van der Waals surface area (Å²) in [6, 6.07) is 2.21. The maximum Gasteiger partial charge on any atom is 0.191 e. The van der Waals surface area contributed by atoms with Crippen molar-refractivity contribution in [2.24, 2.45) is 0 Å².